The lowest BCUT2D eigenvalue weighted by Gasteiger charge is -2.26. The summed E-state index contributed by atoms with van der Waals surface area (Å²) in [5, 5.41) is 6.06. The van der Waals surface area contributed by atoms with Gasteiger partial charge in [0.05, 0.1) is 23.4 Å². The highest BCUT2D eigenvalue weighted by Crippen LogP contribution is 2.27. The van der Waals surface area contributed by atoms with Crippen molar-refractivity contribution in [2.75, 3.05) is 24.3 Å². The van der Waals surface area contributed by atoms with Crippen molar-refractivity contribution < 1.29 is 14.0 Å². The van der Waals surface area contributed by atoms with E-state index in [1.165, 1.54) is 0 Å². The molecule has 0 spiro atoms. The van der Waals surface area contributed by atoms with Crippen LogP contribution in [-0.4, -0.2) is 37.0 Å². The van der Waals surface area contributed by atoms with E-state index in [2.05, 4.69) is 10.6 Å². The molecule has 0 saturated heterocycles. The number of hydrogen-bond acceptors (Lipinski definition) is 4. The van der Waals surface area contributed by atoms with E-state index in [0.717, 1.165) is 11.3 Å². The Kier molecular flexibility index (Phi) is 8.01. The second-order valence-corrected chi connectivity index (χ2v) is 8.62. The third-order valence-corrected chi connectivity index (χ3v) is 5.25. The molecule has 8 heteroatoms. The summed E-state index contributed by atoms with van der Waals surface area (Å²) >= 11 is 6.32. The molecule has 0 atom stereocenters. The van der Waals surface area contributed by atoms with Crippen LogP contribution in [0.15, 0.2) is 65.3 Å². The summed E-state index contributed by atoms with van der Waals surface area (Å²) in [7, 11) is 3.87. The van der Waals surface area contributed by atoms with Gasteiger partial charge in [-0.1, -0.05) is 23.7 Å². The molecule has 1 heterocycles. The summed E-state index contributed by atoms with van der Waals surface area (Å²) in [6.45, 7) is 4.36. The number of nitrogens with one attached hydrogen (secondary N) is 2. The third kappa shape index (κ3) is 6.52. The van der Waals surface area contributed by atoms with Crippen molar-refractivity contribution in [1.29, 1.82) is 0 Å². The Morgan fingerprint density at radius 2 is 1.79 bits per heavy atom. The number of halogens is 1. The zero-order valence-electron chi connectivity index (χ0n) is 19.3. The molecule has 7 nitrogen and oxygen atoms in total. The Hall–Kier alpha value is -3.45. The smallest absolute Gasteiger partial charge is 0.319 e. The van der Waals surface area contributed by atoms with E-state index in [1.807, 2.05) is 57.1 Å². The molecule has 0 fully saturated rings. The number of carbonyl (C=O) groups is 2. The van der Waals surface area contributed by atoms with Crippen molar-refractivity contribution in [3.8, 4) is 0 Å². The highest BCUT2D eigenvalue weighted by atomic mass is 35.5. The van der Waals surface area contributed by atoms with Crippen LogP contribution < -0.4 is 15.5 Å². The highest BCUT2D eigenvalue weighted by Gasteiger charge is 2.22. The standard InChI is InChI=1S/C25H29ClN4O3/c1-17(2)27-25(32)28-19-11-12-23(29(3)4)18(14-19)15-30(16-20-8-7-13-33-20)24(31)21-9-5-6-10-22(21)26/h5-14,17H,15-16H2,1-4H3,(H2,27,28,32). The van der Waals surface area contributed by atoms with Gasteiger partial charge in [0.2, 0.25) is 0 Å². The van der Waals surface area contributed by atoms with E-state index in [-0.39, 0.29) is 24.5 Å². The molecule has 0 saturated carbocycles. The Balaban J connectivity index is 1.94. The minimum absolute atomic E-state index is 0.0162. The topological polar surface area (TPSA) is 77.8 Å². The molecule has 0 aliphatic carbocycles. The van der Waals surface area contributed by atoms with Gasteiger partial charge in [0.25, 0.3) is 5.91 Å². The lowest BCUT2D eigenvalue weighted by Crippen LogP contribution is -2.34. The van der Waals surface area contributed by atoms with Crippen molar-refractivity contribution in [3.05, 3.63) is 82.8 Å². The molecule has 1 aromatic heterocycles. The van der Waals surface area contributed by atoms with Gasteiger partial charge in [0, 0.05) is 38.1 Å². The number of anilines is 2. The second-order valence-electron chi connectivity index (χ2n) is 8.21. The minimum atomic E-state index is -0.284. The molecule has 0 aliphatic heterocycles. The van der Waals surface area contributed by atoms with Crippen LogP contribution in [0, 0.1) is 0 Å². The first-order chi connectivity index (χ1) is 15.7. The van der Waals surface area contributed by atoms with E-state index in [0.29, 0.717) is 28.6 Å². The van der Waals surface area contributed by atoms with Crippen molar-refractivity contribution in [3.63, 3.8) is 0 Å². The molecule has 3 rings (SSSR count). The summed E-state index contributed by atoms with van der Waals surface area (Å²) in [4.78, 5) is 29.3. The van der Waals surface area contributed by atoms with Gasteiger partial charge in [-0.25, -0.2) is 4.79 Å². The van der Waals surface area contributed by atoms with E-state index in [4.69, 9.17) is 16.0 Å². The van der Waals surface area contributed by atoms with Crippen molar-refractivity contribution >= 4 is 34.9 Å². The zero-order valence-corrected chi connectivity index (χ0v) is 20.0. The lowest BCUT2D eigenvalue weighted by molar-refractivity contribution is 0.0718. The number of rotatable bonds is 8. The molecule has 0 radical (unpaired) electrons. The predicted molar refractivity (Wildman–Crippen MR) is 132 cm³/mol. The molecule has 174 valence electrons. The molecule has 0 aliphatic rings. The fraction of sp³-hybridized carbons (Fsp3) is 0.280. The number of nitrogens with zero attached hydrogens (tertiary/aromatic N) is 2. The van der Waals surface area contributed by atoms with Crippen LogP contribution in [0.4, 0.5) is 16.2 Å². The summed E-state index contributed by atoms with van der Waals surface area (Å²) in [5.74, 6) is 0.449. The van der Waals surface area contributed by atoms with Crippen molar-refractivity contribution in [2.24, 2.45) is 0 Å². The first kappa shape index (κ1) is 24.2. The van der Waals surface area contributed by atoms with Gasteiger partial charge in [-0.05, 0) is 61.9 Å². The van der Waals surface area contributed by atoms with Gasteiger partial charge >= 0.3 is 6.03 Å². The molecule has 2 N–H and O–H groups in total. The van der Waals surface area contributed by atoms with Crippen LogP contribution in [0.1, 0.15) is 35.5 Å². The van der Waals surface area contributed by atoms with Crippen molar-refractivity contribution in [2.45, 2.75) is 33.0 Å². The van der Waals surface area contributed by atoms with Crippen molar-refractivity contribution in [1.82, 2.24) is 10.2 Å². The van der Waals surface area contributed by atoms with Gasteiger partial charge in [-0.15, -0.1) is 0 Å². The third-order valence-electron chi connectivity index (χ3n) is 4.92. The lowest BCUT2D eigenvalue weighted by atomic mass is 10.1. The van der Waals surface area contributed by atoms with Crippen LogP contribution >= 0.6 is 11.6 Å². The van der Waals surface area contributed by atoms with E-state index in [9.17, 15) is 9.59 Å². The quantitative estimate of drug-likeness (QED) is 0.465. The number of hydrogen-bond donors (Lipinski definition) is 2. The molecule has 0 unspecified atom stereocenters. The summed E-state index contributed by atoms with van der Waals surface area (Å²) in [6, 6.07) is 16.0. The Morgan fingerprint density at radius 1 is 1.03 bits per heavy atom. The predicted octanol–water partition coefficient (Wildman–Crippen LogP) is 5.37. The maximum Gasteiger partial charge on any atom is 0.319 e. The molecular weight excluding hydrogens is 440 g/mol. The van der Waals surface area contributed by atoms with Gasteiger partial charge < -0.3 is 24.9 Å². The number of furan rings is 1. The minimum Gasteiger partial charge on any atom is -0.467 e. The maximum absolute atomic E-state index is 13.5. The molecule has 0 bridgehead atoms. The fourth-order valence-electron chi connectivity index (χ4n) is 3.46. The Morgan fingerprint density at radius 3 is 2.42 bits per heavy atom. The largest absolute Gasteiger partial charge is 0.467 e. The Labute approximate surface area is 199 Å². The van der Waals surface area contributed by atoms with Crippen LogP contribution in [0.25, 0.3) is 0 Å². The summed E-state index contributed by atoms with van der Waals surface area (Å²) in [6.07, 6.45) is 1.58. The van der Waals surface area contributed by atoms with Gasteiger partial charge in [-0.3, -0.25) is 4.79 Å². The van der Waals surface area contributed by atoms with Gasteiger partial charge in [0.15, 0.2) is 0 Å². The number of urea groups is 1. The Bertz CT molecular complexity index is 1100. The normalized spacial score (nSPS) is 10.7. The molecule has 3 aromatic rings. The fourth-order valence-corrected chi connectivity index (χ4v) is 3.67. The first-order valence-electron chi connectivity index (χ1n) is 10.7. The number of amides is 3. The second kappa shape index (κ2) is 10.9. The first-order valence-corrected chi connectivity index (χ1v) is 11.1. The van der Waals surface area contributed by atoms with E-state index < -0.39 is 0 Å². The van der Waals surface area contributed by atoms with Crippen LogP contribution in [-0.2, 0) is 13.1 Å². The number of carbonyl (C=O) groups excluding carboxylic acids is 2. The van der Waals surface area contributed by atoms with Gasteiger partial charge in [0.1, 0.15) is 5.76 Å². The van der Waals surface area contributed by atoms with Gasteiger partial charge in [-0.2, -0.15) is 0 Å². The highest BCUT2D eigenvalue weighted by molar-refractivity contribution is 6.33. The molecule has 2 aromatic carbocycles. The zero-order chi connectivity index (χ0) is 24.0. The summed E-state index contributed by atoms with van der Waals surface area (Å²) in [5.41, 5.74) is 2.86. The maximum atomic E-state index is 13.5. The average molecular weight is 469 g/mol. The molecule has 33 heavy (non-hydrogen) atoms. The van der Waals surface area contributed by atoms with E-state index >= 15 is 0 Å². The molecular formula is C25H29ClN4O3. The molecule has 3 amide bonds. The van der Waals surface area contributed by atoms with Crippen LogP contribution in [0.5, 0.6) is 0 Å². The monoisotopic (exact) mass is 468 g/mol. The van der Waals surface area contributed by atoms with Crippen LogP contribution in [0.2, 0.25) is 5.02 Å². The SMILES string of the molecule is CC(C)NC(=O)Nc1ccc(N(C)C)c(CN(Cc2ccco2)C(=O)c2ccccc2Cl)c1. The van der Waals surface area contributed by atoms with E-state index in [1.54, 1.807) is 41.5 Å². The number of benzene rings is 2. The summed E-state index contributed by atoms with van der Waals surface area (Å²) < 4.78 is 5.51. The average Bonchev–Trinajstić information content (AvgIpc) is 3.25. The van der Waals surface area contributed by atoms with Crippen LogP contribution in [0.3, 0.4) is 0 Å².